The van der Waals surface area contributed by atoms with Crippen LogP contribution in [-0.4, -0.2) is 33.7 Å². The van der Waals surface area contributed by atoms with Gasteiger partial charge in [0.15, 0.2) is 0 Å². The zero-order valence-electron chi connectivity index (χ0n) is 20.4. The highest BCUT2D eigenvalue weighted by Crippen LogP contribution is 2.44. The van der Waals surface area contributed by atoms with Crippen LogP contribution in [0, 0.1) is 23.1 Å². The first-order valence-electron chi connectivity index (χ1n) is 12.6. The summed E-state index contributed by atoms with van der Waals surface area (Å²) in [4.78, 5) is 28.7. The Kier molecular flexibility index (Phi) is 5.32. The topological polar surface area (TPSA) is 67.2 Å². The molecule has 2 aromatic carbocycles. The molecule has 6 rings (SSSR count). The van der Waals surface area contributed by atoms with Crippen molar-refractivity contribution in [1.82, 2.24) is 15.1 Å². The van der Waals surface area contributed by atoms with E-state index in [-0.39, 0.29) is 41.6 Å². The summed E-state index contributed by atoms with van der Waals surface area (Å²) in [6.07, 6.45) is 12.7. The van der Waals surface area contributed by atoms with E-state index in [9.17, 15) is 14.0 Å². The molecule has 2 amide bonds. The molecule has 2 heterocycles. The van der Waals surface area contributed by atoms with Crippen molar-refractivity contribution in [3.63, 3.8) is 0 Å². The monoisotopic (exact) mass is 484 g/mol. The van der Waals surface area contributed by atoms with Crippen molar-refractivity contribution in [3.8, 4) is 5.69 Å². The number of fused-ring (bicyclic) bond motifs is 1. The van der Waals surface area contributed by atoms with Crippen LogP contribution >= 0.6 is 0 Å². The molecule has 3 atom stereocenters. The van der Waals surface area contributed by atoms with E-state index >= 15 is 0 Å². The number of benzene rings is 2. The summed E-state index contributed by atoms with van der Waals surface area (Å²) in [5, 5.41) is 8.66. The molecule has 2 fully saturated rings. The lowest BCUT2D eigenvalue weighted by Crippen LogP contribution is -2.52. The number of allylic oxidation sites excluding steroid dienone is 3. The Balaban J connectivity index is 1.40. The van der Waals surface area contributed by atoms with Gasteiger partial charge in [-0.2, -0.15) is 5.10 Å². The fraction of sp³-hybridized carbons (Fsp3) is 0.345. The molecule has 3 aromatic rings. The Bertz CT molecular complexity index is 1400. The maximum Gasteiger partial charge on any atom is 0.235 e. The van der Waals surface area contributed by atoms with Gasteiger partial charge in [-0.3, -0.25) is 9.59 Å². The quantitative estimate of drug-likeness (QED) is 0.558. The van der Waals surface area contributed by atoms with Gasteiger partial charge in [0.25, 0.3) is 0 Å². The minimum atomic E-state index is -0.753. The molecule has 184 valence electrons. The fourth-order valence-corrected chi connectivity index (χ4v) is 5.58. The van der Waals surface area contributed by atoms with Crippen molar-refractivity contribution < 1.29 is 14.0 Å². The molecule has 0 spiro atoms. The van der Waals surface area contributed by atoms with Crippen molar-refractivity contribution >= 4 is 28.4 Å². The molecule has 1 aliphatic heterocycles. The Morgan fingerprint density at radius 2 is 1.83 bits per heavy atom. The van der Waals surface area contributed by atoms with E-state index in [1.54, 1.807) is 23.0 Å². The average Bonchev–Trinajstić information content (AvgIpc) is 3.62. The van der Waals surface area contributed by atoms with Crippen LogP contribution < -0.4 is 10.2 Å². The molecule has 0 bridgehead atoms. The second-order valence-electron chi connectivity index (χ2n) is 10.6. The molecular weight excluding hydrogens is 455 g/mol. The van der Waals surface area contributed by atoms with Crippen LogP contribution in [0.15, 0.2) is 73.0 Å². The third-order valence-corrected chi connectivity index (χ3v) is 7.79. The minimum Gasteiger partial charge on any atom is -0.350 e. The zero-order valence-corrected chi connectivity index (χ0v) is 20.4. The van der Waals surface area contributed by atoms with Crippen LogP contribution in [0.2, 0.25) is 0 Å². The van der Waals surface area contributed by atoms with E-state index in [0.29, 0.717) is 0 Å². The maximum atomic E-state index is 13.9. The van der Waals surface area contributed by atoms with Gasteiger partial charge in [0.2, 0.25) is 11.8 Å². The smallest absolute Gasteiger partial charge is 0.235 e. The van der Waals surface area contributed by atoms with Gasteiger partial charge in [0.05, 0.1) is 34.9 Å². The minimum absolute atomic E-state index is 0.00169. The summed E-state index contributed by atoms with van der Waals surface area (Å²) in [6.45, 7) is 3.88. The molecule has 7 heteroatoms. The molecule has 1 aromatic heterocycles. The zero-order chi connectivity index (χ0) is 25.0. The van der Waals surface area contributed by atoms with Gasteiger partial charge < -0.3 is 10.2 Å². The number of halogens is 1. The van der Waals surface area contributed by atoms with Gasteiger partial charge in [0, 0.05) is 22.9 Å². The van der Waals surface area contributed by atoms with Crippen molar-refractivity contribution in [1.29, 1.82) is 0 Å². The second kappa shape index (κ2) is 8.43. The normalized spacial score (nSPS) is 25.0. The van der Waals surface area contributed by atoms with Crippen molar-refractivity contribution in [2.45, 2.75) is 45.2 Å². The van der Waals surface area contributed by atoms with Gasteiger partial charge >= 0.3 is 0 Å². The highest BCUT2D eigenvalue weighted by atomic mass is 19.1. The highest BCUT2D eigenvalue weighted by Gasteiger charge is 2.57. The Hall–Kier alpha value is -3.74. The molecule has 2 aliphatic carbocycles. The van der Waals surface area contributed by atoms with Crippen LogP contribution in [-0.2, 0) is 9.59 Å². The molecule has 1 saturated heterocycles. The number of carbonyl (C=O) groups is 2. The van der Waals surface area contributed by atoms with Crippen LogP contribution in [0.4, 0.5) is 10.1 Å². The number of hydrogen-bond donors (Lipinski definition) is 1. The third kappa shape index (κ3) is 3.74. The van der Waals surface area contributed by atoms with E-state index in [4.69, 9.17) is 0 Å². The summed E-state index contributed by atoms with van der Waals surface area (Å²) in [6, 6.07) is 11.6. The van der Waals surface area contributed by atoms with Crippen LogP contribution in [0.3, 0.4) is 0 Å². The van der Waals surface area contributed by atoms with Crippen LogP contribution in [0.5, 0.6) is 0 Å². The van der Waals surface area contributed by atoms with E-state index in [1.807, 2.05) is 49.1 Å². The number of rotatable bonds is 5. The second-order valence-corrected chi connectivity index (χ2v) is 10.6. The number of hydrogen-bond acceptors (Lipinski definition) is 3. The van der Waals surface area contributed by atoms with E-state index in [1.165, 1.54) is 12.1 Å². The number of aromatic nitrogens is 2. The lowest BCUT2D eigenvalue weighted by Gasteiger charge is -2.35. The molecule has 1 saturated carbocycles. The standard InChI is InChI=1S/C29H29FN4O2/c1-29(2)26(32-27(35)19-8-9-19)25(18-6-4-3-5-7-18)33(28(29)36)23-14-15-24-20(16-23)17-31-34(24)22-12-10-21(30)11-13-22/h3-6,10-19,25-26H,7-9H2,1-2H3,(H,32,35)/t18?,25-,26-/m1/s1. The van der Waals surface area contributed by atoms with Gasteiger partial charge in [-0.25, -0.2) is 9.07 Å². The molecule has 36 heavy (non-hydrogen) atoms. The van der Waals surface area contributed by atoms with E-state index in [2.05, 4.69) is 22.6 Å². The number of nitrogens with one attached hydrogen (secondary N) is 1. The van der Waals surface area contributed by atoms with Crippen molar-refractivity contribution in [3.05, 3.63) is 78.8 Å². The van der Waals surface area contributed by atoms with Crippen molar-refractivity contribution in [2.24, 2.45) is 17.3 Å². The largest absolute Gasteiger partial charge is 0.350 e. The SMILES string of the molecule is CC1(C)C(=O)N(c2ccc3c(cnn3-c3ccc(F)cc3)c2)[C@H](C2C=CC=CC2)[C@H]1NC(=O)C1CC1. The molecule has 1 N–H and O–H groups in total. The van der Waals surface area contributed by atoms with E-state index in [0.717, 1.165) is 41.5 Å². The van der Waals surface area contributed by atoms with Gasteiger partial charge in [-0.05, 0) is 75.6 Å². The Labute approximate surface area is 209 Å². The summed E-state index contributed by atoms with van der Waals surface area (Å²) in [5.74, 6) is -0.0848. The number of amides is 2. The molecule has 3 aliphatic rings. The van der Waals surface area contributed by atoms with Crippen LogP contribution in [0.1, 0.15) is 33.1 Å². The Morgan fingerprint density at radius 3 is 2.53 bits per heavy atom. The molecule has 1 unspecified atom stereocenters. The first-order chi connectivity index (χ1) is 17.3. The number of anilines is 1. The van der Waals surface area contributed by atoms with Crippen LogP contribution in [0.25, 0.3) is 16.6 Å². The molecule has 6 nitrogen and oxygen atoms in total. The van der Waals surface area contributed by atoms with Gasteiger partial charge in [0.1, 0.15) is 5.82 Å². The fourth-order valence-electron chi connectivity index (χ4n) is 5.58. The summed E-state index contributed by atoms with van der Waals surface area (Å²) < 4.78 is 15.2. The summed E-state index contributed by atoms with van der Waals surface area (Å²) in [7, 11) is 0. The number of nitrogens with zero attached hydrogens (tertiary/aromatic N) is 3. The highest BCUT2D eigenvalue weighted by molar-refractivity contribution is 6.03. The molecular formula is C29H29FN4O2. The van der Waals surface area contributed by atoms with Gasteiger partial charge in [-0.1, -0.05) is 24.3 Å². The summed E-state index contributed by atoms with van der Waals surface area (Å²) >= 11 is 0. The number of carbonyl (C=O) groups excluding carboxylic acids is 2. The molecule has 0 radical (unpaired) electrons. The maximum absolute atomic E-state index is 13.9. The summed E-state index contributed by atoms with van der Waals surface area (Å²) in [5.41, 5.74) is 1.66. The van der Waals surface area contributed by atoms with E-state index < -0.39 is 5.41 Å². The average molecular weight is 485 g/mol. The van der Waals surface area contributed by atoms with Crippen molar-refractivity contribution in [2.75, 3.05) is 4.90 Å². The third-order valence-electron chi connectivity index (χ3n) is 7.79. The lowest BCUT2D eigenvalue weighted by molar-refractivity contribution is -0.126. The lowest BCUT2D eigenvalue weighted by atomic mass is 9.78. The van der Waals surface area contributed by atoms with Gasteiger partial charge in [-0.15, -0.1) is 0 Å². The first-order valence-corrected chi connectivity index (χ1v) is 12.6. The first kappa shape index (κ1) is 22.7. The predicted octanol–water partition coefficient (Wildman–Crippen LogP) is 4.93. The Morgan fingerprint density at radius 1 is 1.08 bits per heavy atom. The predicted molar refractivity (Wildman–Crippen MR) is 137 cm³/mol.